The lowest BCUT2D eigenvalue weighted by atomic mass is 9.77. The first-order chi connectivity index (χ1) is 9.76. The summed E-state index contributed by atoms with van der Waals surface area (Å²) in [5.74, 6) is 2.49. The van der Waals surface area contributed by atoms with Gasteiger partial charge in [-0.2, -0.15) is 0 Å². The molecule has 0 bridgehead atoms. The zero-order chi connectivity index (χ0) is 15.6. The summed E-state index contributed by atoms with van der Waals surface area (Å²) in [5, 5.41) is 4.98. The predicted molar refractivity (Wildman–Crippen MR) is 93.0 cm³/mol. The molecule has 120 valence electrons. The van der Waals surface area contributed by atoms with Crippen molar-refractivity contribution in [1.29, 1.82) is 0 Å². The van der Waals surface area contributed by atoms with Gasteiger partial charge >= 0.3 is 0 Å². The maximum absolute atomic E-state index is 4.88. The number of hydrogen-bond acceptors (Lipinski definition) is 3. The quantitative estimate of drug-likeness (QED) is 0.819. The molecule has 1 saturated carbocycles. The molecule has 21 heavy (non-hydrogen) atoms. The second-order valence-corrected chi connectivity index (χ2v) is 9.14. The zero-order valence-corrected chi connectivity index (χ0v) is 15.4. The highest BCUT2D eigenvalue weighted by Crippen LogP contribution is 2.40. The fourth-order valence-corrected chi connectivity index (χ4v) is 4.34. The Labute approximate surface area is 134 Å². The van der Waals surface area contributed by atoms with Gasteiger partial charge in [0, 0.05) is 22.9 Å². The third kappa shape index (κ3) is 4.79. The molecule has 1 aliphatic carbocycles. The van der Waals surface area contributed by atoms with E-state index in [1.54, 1.807) is 0 Å². The van der Waals surface area contributed by atoms with Crippen molar-refractivity contribution in [3.63, 3.8) is 0 Å². The van der Waals surface area contributed by atoms with Crippen molar-refractivity contribution in [2.24, 2.45) is 11.8 Å². The van der Waals surface area contributed by atoms with Crippen molar-refractivity contribution < 1.29 is 0 Å². The van der Waals surface area contributed by atoms with E-state index >= 15 is 0 Å². The molecule has 0 atom stereocenters. The molecule has 1 aromatic rings. The van der Waals surface area contributed by atoms with Gasteiger partial charge in [0.05, 0.1) is 10.7 Å². The molecule has 0 spiro atoms. The number of hydrogen-bond donors (Lipinski definition) is 1. The largest absolute Gasteiger partial charge is 0.307 e. The van der Waals surface area contributed by atoms with Crippen LogP contribution in [0, 0.1) is 18.8 Å². The maximum atomic E-state index is 4.88. The van der Waals surface area contributed by atoms with Gasteiger partial charge in [-0.3, -0.25) is 0 Å². The van der Waals surface area contributed by atoms with E-state index in [1.807, 2.05) is 11.3 Å². The lowest BCUT2D eigenvalue weighted by Gasteiger charge is -2.29. The molecule has 0 unspecified atom stereocenters. The molecule has 0 amide bonds. The van der Waals surface area contributed by atoms with E-state index in [4.69, 9.17) is 4.98 Å². The number of rotatable bonds is 4. The molecular formula is C18H32N2S. The third-order valence-electron chi connectivity index (χ3n) is 4.75. The average molecular weight is 309 g/mol. The second kappa shape index (κ2) is 6.78. The molecule has 2 rings (SSSR count). The van der Waals surface area contributed by atoms with E-state index < -0.39 is 0 Å². The van der Waals surface area contributed by atoms with Gasteiger partial charge in [-0.1, -0.05) is 13.8 Å². The van der Waals surface area contributed by atoms with Crippen LogP contribution in [0.4, 0.5) is 0 Å². The molecule has 1 aromatic heterocycles. The Kier molecular flexibility index (Phi) is 5.48. The van der Waals surface area contributed by atoms with Crippen molar-refractivity contribution in [3.05, 3.63) is 15.6 Å². The molecule has 1 aliphatic rings. The van der Waals surface area contributed by atoms with E-state index in [2.05, 4.69) is 46.9 Å². The minimum atomic E-state index is 0.173. The summed E-state index contributed by atoms with van der Waals surface area (Å²) in [6.45, 7) is 14.5. The van der Waals surface area contributed by atoms with Crippen LogP contribution in [0.15, 0.2) is 0 Å². The van der Waals surface area contributed by atoms with E-state index in [-0.39, 0.29) is 5.54 Å². The van der Waals surface area contributed by atoms with Gasteiger partial charge in [0.15, 0.2) is 0 Å². The first kappa shape index (κ1) is 17.0. The molecule has 0 aromatic carbocycles. The highest BCUT2D eigenvalue weighted by atomic mass is 32.1. The van der Waals surface area contributed by atoms with Crippen LogP contribution in [0.25, 0.3) is 0 Å². The van der Waals surface area contributed by atoms with Gasteiger partial charge in [-0.05, 0) is 65.2 Å². The van der Waals surface area contributed by atoms with Gasteiger partial charge < -0.3 is 5.32 Å². The van der Waals surface area contributed by atoms with Crippen LogP contribution in [-0.2, 0) is 6.54 Å². The number of nitrogens with one attached hydrogen (secondary N) is 1. The summed E-state index contributed by atoms with van der Waals surface area (Å²) in [5.41, 5.74) is 1.41. The van der Waals surface area contributed by atoms with Crippen molar-refractivity contribution in [1.82, 2.24) is 10.3 Å². The zero-order valence-electron chi connectivity index (χ0n) is 14.6. The predicted octanol–water partition coefficient (Wildman–Crippen LogP) is 5.27. The van der Waals surface area contributed by atoms with Gasteiger partial charge in [0.25, 0.3) is 0 Å². The topological polar surface area (TPSA) is 24.9 Å². The average Bonchev–Trinajstić information content (AvgIpc) is 2.77. The first-order valence-electron chi connectivity index (χ1n) is 8.47. The standard InChI is InChI=1S/C18H32N2S/c1-12(2)14-7-9-15(10-8-14)17-20-13(3)16(21-17)11-19-18(4,5)6/h12,14-15,19H,7-11H2,1-6H3. The number of aryl methyl sites for hydroxylation is 1. The van der Waals surface area contributed by atoms with E-state index in [0.29, 0.717) is 5.92 Å². The highest BCUT2D eigenvalue weighted by molar-refractivity contribution is 7.11. The Morgan fingerprint density at radius 1 is 1.19 bits per heavy atom. The lowest BCUT2D eigenvalue weighted by Crippen LogP contribution is -2.34. The molecule has 3 heteroatoms. The Morgan fingerprint density at radius 3 is 2.33 bits per heavy atom. The highest BCUT2D eigenvalue weighted by Gasteiger charge is 2.26. The van der Waals surface area contributed by atoms with Gasteiger partial charge in [0.1, 0.15) is 0 Å². The molecular weight excluding hydrogens is 276 g/mol. The Balaban J connectivity index is 1.96. The number of nitrogens with zero attached hydrogens (tertiary/aromatic N) is 1. The summed E-state index contributed by atoms with van der Waals surface area (Å²) >= 11 is 1.94. The normalized spacial score (nSPS) is 23.8. The van der Waals surface area contributed by atoms with Crippen LogP contribution in [-0.4, -0.2) is 10.5 Å². The third-order valence-corrected chi connectivity index (χ3v) is 6.07. The second-order valence-electron chi connectivity index (χ2n) is 8.02. The smallest absolute Gasteiger partial charge is 0.0962 e. The van der Waals surface area contributed by atoms with Crippen LogP contribution >= 0.6 is 11.3 Å². The van der Waals surface area contributed by atoms with Crippen molar-refractivity contribution in [3.8, 4) is 0 Å². The molecule has 1 heterocycles. The Morgan fingerprint density at radius 2 is 1.81 bits per heavy atom. The summed E-state index contributed by atoms with van der Waals surface area (Å²) in [6, 6.07) is 0. The van der Waals surface area contributed by atoms with Crippen LogP contribution in [0.3, 0.4) is 0 Å². The molecule has 2 nitrogen and oxygen atoms in total. The van der Waals surface area contributed by atoms with Gasteiger partial charge in [-0.15, -0.1) is 11.3 Å². The minimum Gasteiger partial charge on any atom is -0.307 e. The van der Waals surface area contributed by atoms with Crippen molar-refractivity contribution in [2.75, 3.05) is 0 Å². The monoisotopic (exact) mass is 308 g/mol. The SMILES string of the molecule is Cc1nc(C2CCC(C(C)C)CC2)sc1CNC(C)(C)C. The molecule has 0 radical (unpaired) electrons. The minimum absolute atomic E-state index is 0.173. The molecule has 1 fully saturated rings. The fraction of sp³-hybridized carbons (Fsp3) is 0.833. The van der Waals surface area contributed by atoms with E-state index in [0.717, 1.165) is 18.4 Å². The van der Waals surface area contributed by atoms with Crippen LogP contribution in [0.2, 0.25) is 0 Å². The number of thiazole rings is 1. The number of aromatic nitrogens is 1. The summed E-state index contributed by atoms with van der Waals surface area (Å²) < 4.78 is 0. The van der Waals surface area contributed by atoms with Crippen LogP contribution < -0.4 is 5.32 Å². The molecule has 1 N–H and O–H groups in total. The maximum Gasteiger partial charge on any atom is 0.0962 e. The molecule has 0 saturated heterocycles. The van der Waals surface area contributed by atoms with Crippen molar-refractivity contribution >= 4 is 11.3 Å². The Bertz CT molecular complexity index is 448. The lowest BCUT2D eigenvalue weighted by molar-refractivity contribution is 0.258. The van der Waals surface area contributed by atoms with Gasteiger partial charge in [0.2, 0.25) is 0 Å². The summed E-state index contributed by atoms with van der Waals surface area (Å²) in [7, 11) is 0. The fourth-order valence-electron chi connectivity index (χ4n) is 3.17. The van der Waals surface area contributed by atoms with E-state index in [1.165, 1.54) is 41.3 Å². The Hall–Kier alpha value is -0.410. The first-order valence-corrected chi connectivity index (χ1v) is 9.29. The summed E-state index contributed by atoms with van der Waals surface area (Å²) in [4.78, 5) is 6.31. The van der Waals surface area contributed by atoms with Crippen LogP contribution in [0.1, 0.15) is 81.8 Å². The van der Waals surface area contributed by atoms with E-state index in [9.17, 15) is 0 Å². The van der Waals surface area contributed by atoms with Crippen molar-refractivity contribution in [2.45, 2.75) is 85.2 Å². The van der Waals surface area contributed by atoms with Crippen LogP contribution in [0.5, 0.6) is 0 Å². The van der Waals surface area contributed by atoms with Gasteiger partial charge in [-0.25, -0.2) is 4.98 Å². The molecule has 0 aliphatic heterocycles. The summed E-state index contributed by atoms with van der Waals surface area (Å²) in [6.07, 6.45) is 5.44.